The van der Waals surface area contributed by atoms with Gasteiger partial charge in [0.2, 0.25) is 0 Å². The van der Waals surface area contributed by atoms with Crippen molar-refractivity contribution in [1.82, 2.24) is 4.90 Å². The van der Waals surface area contributed by atoms with Gasteiger partial charge in [0.1, 0.15) is 5.75 Å². The zero-order valence-electron chi connectivity index (χ0n) is 11.9. The third-order valence-corrected chi connectivity index (χ3v) is 4.49. The van der Waals surface area contributed by atoms with Gasteiger partial charge in [-0.25, -0.2) is 0 Å². The van der Waals surface area contributed by atoms with Crippen molar-refractivity contribution >= 4 is 0 Å². The van der Waals surface area contributed by atoms with Gasteiger partial charge in [-0.1, -0.05) is 25.5 Å². The molecule has 19 heavy (non-hydrogen) atoms. The number of aliphatic hydroxyl groups excluding tert-OH is 1. The Labute approximate surface area is 115 Å². The zero-order chi connectivity index (χ0) is 13.8. The van der Waals surface area contributed by atoms with Gasteiger partial charge < -0.3 is 10.2 Å². The van der Waals surface area contributed by atoms with E-state index in [0.29, 0.717) is 0 Å². The van der Waals surface area contributed by atoms with Gasteiger partial charge in [-0.05, 0) is 56.5 Å². The molecule has 1 aromatic carbocycles. The van der Waals surface area contributed by atoms with Crippen LogP contribution in [-0.2, 0) is 0 Å². The molecule has 0 aromatic heterocycles. The molecule has 0 radical (unpaired) electrons. The second kappa shape index (κ2) is 6.40. The molecule has 3 heteroatoms. The molecule has 2 rings (SSSR count). The Balaban J connectivity index is 1.95. The first-order valence-corrected chi connectivity index (χ1v) is 7.33. The van der Waals surface area contributed by atoms with Crippen LogP contribution in [0.2, 0.25) is 0 Å². The fourth-order valence-corrected chi connectivity index (χ4v) is 2.92. The summed E-state index contributed by atoms with van der Waals surface area (Å²) in [7, 11) is 0. The standard InChI is InChI=1S/C16H25NO2/c1-3-13-8-10-17(11-9-13)12(2)16(19)14-4-6-15(18)7-5-14/h4-7,12-13,16,18-19H,3,8-11H2,1-2H3. The van der Waals surface area contributed by atoms with E-state index < -0.39 is 6.10 Å². The van der Waals surface area contributed by atoms with Crippen LogP contribution in [-0.4, -0.2) is 34.2 Å². The molecule has 106 valence electrons. The largest absolute Gasteiger partial charge is 0.508 e. The van der Waals surface area contributed by atoms with Gasteiger partial charge in [-0.2, -0.15) is 0 Å². The normalized spacial score (nSPS) is 21.2. The predicted octanol–water partition coefficient (Wildman–Crippen LogP) is 2.94. The summed E-state index contributed by atoms with van der Waals surface area (Å²) in [5.41, 5.74) is 0.878. The number of rotatable bonds is 4. The second-order valence-electron chi connectivity index (χ2n) is 5.66. The first-order chi connectivity index (χ1) is 9.11. The Bertz CT molecular complexity index is 382. The minimum absolute atomic E-state index is 0.127. The zero-order valence-corrected chi connectivity index (χ0v) is 11.9. The highest BCUT2D eigenvalue weighted by molar-refractivity contribution is 5.27. The lowest BCUT2D eigenvalue weighted by Crippen LogP contribution is -2.42. The van der Waals surface area contributed by atoms with Crippen LogP contribution < -0.4 is 0 Å². The predicted molar refractivity (Wildman–Crippen MR) is 77.1 cm³/mol. The van der Waals surface area contributed by atoms with Crippen LogP contribution in [0, 0.1) is 5.92 Å². The van der Waals surface area contributed by atoms with Crippen LogP contribution in [0.3, 0.4) is 0 Å². The number of aromatic hydroxyl groups is 1. The van der Waals surface area contributed by atoms with Gasteiger partial charge in [0, 0.05) is 6.04 Å². The Hall–Kier alpha value is -1.06. The van der Waals surface area contributed by atoms with Crippen LogP contribution in [0.15, 0.2) is 24.3 Å². The first kappa shape index (κ1) is 14.4. The van der Waals surface area contributed by atoms with Gasteiger partial charge in [-0.3, -0.25) is 4.90 Å². The highest BCUT2D eigenvalue weighted by Crippen LogP contribution is 2.27. The molecule has 0 spiro atoms. The maximum Gasteiger partial charge on any atom is 0.115 e. The topological polar surface area (TPSA) is 43.7 Å². The summed E-state index contributed by atoms with van der Waals surface area (Å²) in [6.07, 6.45) is 3.26. The molecular weight excluding hydrogens is 238 g/mol. The molecule has 0 saturated carbocycles. The average molecular weight is 263 g/mol. The number of hydrogen-bond donors (Lipinski definition) is 2. The van der Waals surface area contributed by atoms with E-state index >= 15 is 0 Å². The van der Waals surface area contributed by atoms with Gasteiger partial charge in [0.05, 0.1) is 6.10 Å². The van der Waals surface area contributed by atoms with Crippen LogP contribution in [0.5, 0.6) is 5.75 Å². The molecule has 2 atom stereocenters. The van der Waals surface area contributed by atoms with Crippen molar-refractivity contribution < 1.29 is 10.2 Å². The fourth-order valence-electron chi connectivity index (χ4n) is 2.92. The van der Waals surface area contributed by atoms with Gasteiger partial charge in [0.15, 0.2) is 0 Å². The van der Waals surface area contributed by atoms with E-state index in [9.17, 15) is 10.2 Å². The molecule has 1 fully saturated rings. The SMILES string of the molecule is CCC1CCN(C(C)C(O)c2ccc(O)cc2)CC1. The minimum Gasteiger partial charge on any atom is -0.508 e. The quantitative estimate of drug-likeness (QED) is 0.878. The molecule has 0 aliphatic carbocycles. The fraction of sp³-hybridized carbons (Fsp3) is 0.625. The number of piperidine rings is 1. The highest BCUT2D eigenvalue weighted by Gasteiger charge is 2.26. The molecular formula is C16H25NO2. The average Bonchev–Trinajstić information content (AvgIpc) is 2.46. The highest BCUT2D eigenvalue weighted by atomic mass is 16.3. The van der Waals surface area contributed by atoms with E-state index in [2.05, 4.69) is 18.7 Å². The van der Waals surface area contributed by atoms with E-state index in [1.807, 2.05) is 0 Å². The molecule has 0 bridgehead atoms. The summed E-state index contributed by atoms with van der Waals surface area (Å²) in [5.74, 6) is 1.10. The van der Waals surface area contributed by atoms with Crippen molar-refractivity contribution in [3.05, 3.63) is 29.8 Å². The second-order valence-corrected chi connectivity index (χ2v) is 5.66. The Morgan fingerprint density at radius 2 is 1.79 bits per heavy atom. The number of likely N-dealkylation sites (tertiary alicyclic amines) is 1. The molecule has 2 unspecified atom stereocenters. The first-order valence-electron chi connectivity index (χ1n) is 7.33. The molecule has 2 N–H and O–H groups in total. The van der Waals surface area contributed by atoms with Crippen molar-refractivity contribution in [2.24, 2.45) is 5.92 Å². The van der Waals surface area contributed by atoms with E-state index in [4.69, 9.17) is 0 Å². The van der Waals surface area contributed by atoms with E-state index in [1.54, 1.807) is 24.3 Å². The van der Waals surface area contributed by atoms with E-state index in [0.717, 1.165) is 24.6 Å². The summed E-state index contributed by atoms with van der Waals surface area (Å²) in [4.78, 5) is 2.38. The van der Waals surface area contributed by atoms with Gasteiger partial charge in [0.25, 0.3) is 0 Å². The lowest BCUT2D eigenvalue weighted by molar-refractivity contribution is 0.0369. The molecule has 1 saturated heterocycles. The minimum atomic E-state index is -0.487. The van der Waals surface area contributed by atoms with Crippen LogP contribution in [0.1, 0.15) is 44.8 Å². The van der Waals surface area contributed by atoms with Gasteiger partial charge >= 0.3 is 0 Å². The summed E-state index contributed by atoms with van der Waals surface area (Å²) in [6, 6.07) is 7.00. The van der Waals surface area contributed by atoms with Crippen molar-refractivity contribution in [1.29, 1.82) is 0 Å². The van der Waals surface area contributed by atoms with Crippen LogP contribution in [0.25, 0.3) is 0 Å². The van der Waals surface area contributed by atoms with Crippen LogP contribution in [0.4, 0.5) is 0 Å². The van der Waals surface area contributed by atoms with Crippen molar-refractivity contribution in [3.63, 3.8) is 0 Å². The lowest BCUT2D eigenvalue weighted by atomic mass is 9.92. The maximum atomic E-state index is 10.4. The number of hydrogen-bond acceptors (Lipinski definition) is 3. The van der Waals surface area contributed by atoms with Crippen LogP contribution >= 0.6 is 0 Å². The third kappa shape index (κ3) is 3.48. The smallest absolute Gasteiger partial charge is 0.115 e. The monoisotopic (exact) mass is 263 g/mol. The number of phenols is 1. The molecule has 1 heterocycles. The summed E-state index contributed by atoms with van der Waals surface area (Å²) in [6.45, 7) is 6.50. The van der Waals surface area contributed by atoms with Gasteiger partial charge in [-0.15, -0.1) is 0 Å². The number of phenolic OH excluding ortho intramolecular Hbond substituents is 1. The maximum absolute atomic E-state index is 10.4. The Morgan fingerprint density at radius 1 is 1.21 bits per heavy atom. The van der Waals surface area contributed by atoms with E-state index in [-0.39, 0.29) is 11.8 Å². The third-order valence-electron chi connectivity index (χ3n) is 4.49. The van der Waals surface area contributed by atoms with E-state index in [1.165, 1.54) is 19.3 Å². The molecule has 1 aliphatic rings. The number of aliphatic hydroxyl groups is 1. The summed E-state index contributed by atoms with van der Waals surface area (Å²) in [5, 5.41) is 19.7. The molecule has 1 aromatic rings. The van der Waals surface area contributed by atoms with Crippen molar-refractivity contribution in [2.75, 3.05) is 13.1 Å². The molecule has 1 aliphatic heterocycles. The Kier molecular flexibility index (Phi) is 4.83. The molecule has 0 amide bonds. The lowest BCUT2D eigenvalue weighted by Gasteiger charge is -2.37. The Morgan fingerprint density at radius 3 is 2.32 bits per heavy atom. The van der Waals surface area contributed by atoms with Crippen molar-refractivity contribution in [3.8, 4) is 5.75 Å². The summed E-state index contributed by atoms with van der Waals surface area (Å²) < 4.78 is 0. The van der Waals surface area contributed by atoms with Crippen molar-refractivity contribution in [2.45, 2.75) is 45.3 Å². The number of benzene rings is 1. The number of nitrogens with zero attached hydrogens (tertiary/aromatic N) is 1. The molecule has 3 nitrogen and oxygen atoms in total. The summed E-state index contributed by atoms with van der Waals surface area (Å²) >= 11 is 0.